The smallest absolute Gasteiger partial charge is 0.335 e. The quantitative estimate of drug-likeness (QED) is 0.366. The van der Waals surface area contributed by atoms with E-state index in [2.05, 4.69) is 15.8 Å². The van der Waals surface area contributed by atoms with Crippen molar-refractivity contribution in [1.82, 2.24) is 10.7 Å². The summed E-state index contributed by atoms with van der Waals surface area (Å²) in [7, 11) is 0. The zero-order valence-corrected chi connectivity index (χ0v) is 15.3. The fourth-order valence-electron chi connectivity index (χ4n) is 2.10. The van der Waals surface area contributed by atoms with E-state index in [1.165, 1.54) is 18.3 Å². The highest BCUT2D eigenvalue weighted by Crippen LogP contribution is 2.14. The summed E-state index contributed by atoms with van der Waals surface area (Å²) in [4.78, 5) is 33.7. The van der Waals surface area contributed by atoms with Gasteiger partial charge in [0.05, 0.1) is 11.8 Å². The summed E-state index contributed by atoms with van der Waals surface area (Å²) in [6, 6.07) is 13.4. The fraction of sp³-hybridized carbons (Fsp3) is 0.200. The molecule has 2 aromatic carbocycles. The van der Waals surface area contributed by atoms with E-state index >= 15 is 0 Å². The molecule has 0 aliphatic rings. The van der Waals surface area contributed by atoms with Crippen LogP contribution >= 0.6 is 0 Å². The second kappa shape index (κ2) is 10.5. The van der Waals surface area contributed by atoms with Gasteiger partial charge in [0.1, 0.15) is 12.4 Å². The number of hydrogen-bond donors (Lipinski definition) is 3. The average molecular weight is 383 g/mol. The lowest BCUT2D eigenvalue weighted by molar-refractivity contribution is -0.139. The Morgan fingerprint density at radius 3 is 2.32 bits per heavy atom. The van der Waals surface area contributed by atoms with Crippen LogP contribution in [0.5, 0.6) is 5.75 Å². The Morgan fingerprint density at radius 1 is 1.04 bits per heavy atom. The van der Waals surface area contributed by atoms with Gasteiger partial charge in [0.25, 0.3) is 0 Å². The number of benzene rings is 2. The summed E-state index contributed by atoms with van der Waals surface area (Å²) in [5.41, 5.74) is 3.95. The van der Waals surface area contributed by atoms with Gasteiger partial charge >= 0.3 is 17.8 Å². The van der Waals surface area contributed by atoms with E-state index < -0.39 is 17.8 Å². The van der Waals surface area contributed by atoms with Gasteiger partial charge in [-0.2, -0.15) is 5.10 Å². The molecule has 8 heteroatoms. The number of carbonyl (C=O) groups excluding carboxylic acids is 2. The second-order valence-corrected chi connectivity index (χ2v) is 5.81. The van der Waals surface area contributed by atoms with Crippen LogP contribution in [0.2, 0.25) is 0 Å². The van der Waals surface area contributed by atoms with Gasteiger partial charge in [-0.05, 0) is 53.9 Å². The standard InChI is InChI=1S/C20H21N3O5/c1-2-11-21-18(24)19(25)23-22-12-14-5-9-17(10-6-14)28-13-15-3-7-16(8-4-15)20(26)27/h3-10,12H,2,11,13H2,1H3,(H,21,24)(H,23,25)(H,26,27)/b22-12-. The van der Waals surface area contributed by atoms with Gasteiger partial charge in [-0.1, -0.05) is 19.1 Å². The molecule has 0 spiro atoms. The number of rotatable bonds is 8. The molecule has 0 aliphatic carbocycles. The zero-order chi connectivity index (χ0) is 20.4. The van der Waals surface area contributed by atoms with Gasteiger partial charge in [0.2, 0.25) is 0 Å². The number of hydrogen-bond acceptors (Lipinski definition) is 5. The van der Waals surface area contributed by atoms with Crippen LogP contribution in [0, 0.1) is 0 Å². The van der Waals surface area contributed by atoms with Gasteiger partial charge in [0.15, 0.2) is 0 Å². The van der Waals surface area contributed by atoms with Gasteiger partial charge in [-0.15, -0.1) is 0 Å². The van der Waals surface area contributed by atoms with Crippen LogP contribution < -0.4 is 15.5 Å². The van der Waals surface area contributed by atoms with E-state index in [9.17, 15) is 14.4 Å². The molecule has 2 aromatic rings. The lowest BCUT2D eigenvalue weighted by Crippen LogP contribution is -2.38. The van der Waals surface area contributed by atoms with E-state index in [1.54, 1.807) is 36.4 Å². The topological polar surface area (TPSA) is 117 Å². The highest BCUT2D eigenvalue weighted by molar-refractivity contribution is 6.35. The third-order valence-corrected chi connectivity index (χ3v) is 3.61. The van der Waals surface area contributed by atoms with E-state index in [1.807, 2.05) is 6.92 Å². The van der Waals surface area contributed by atoms with Crippen molar-refractivity contribution >= 4 is 24.0 Å². The normalized spacial score (nSPS) is 10.5. The van der Waals surface area contributed by atoms with Crippen LogP contribution in [0.3, 0.4) is 0 Å². The molecule has 0 heterocycles. The summed E-state index contributed by atoms with van der Waals surface area (Å²) in [6.45, 7) is 2.62. The second-order valence-electron chi connectivity index (χ2n) is 5.81. The largest absolute Gasteiger partial charge is 0.489 e. The summed E-state index contributed by atoms with van der Waals surface area (Å²) in [5.74, 6) is -1.89. The SMILES string of the molecule is CCCNC(=O)C(=O)N/N=C\c1ccc(OCc2ccc(C(=O)O)cc2)cc1. The molecule has 0 aromatic heterocycles. The predicted molar refractivity (Wildman–Crippen MR) is 103 cm³/mol. The van der Waals surface area contributed by atoms with E-state index in [0.29, 0.717) is 24.5 Å². The Morgan fingerprint density at radius 2 is 1.71 bits per heavy atom. The molecule has 0 saturated carbocycles. The predicted octanol–water partition coefficient (Wildman–Crippen LogP) is 1.94. The summed E-state index contributed by atoms with van der Waals surface area (Å²) in [6.07, 6.45) is 2.16. The van der Waals surface area contributed by atoms with Gasteiger partial charge in [-0.25, -0.2) is 10.2 Å². The minimum Gasteiger partial charge on any atom is -0.489 e. The van der Waals surface area contributed by atoms with Crippen LogP contribution in [0.15, 0.2) is 53.6 Å². The molecule has 8 nitrogen and oxygen atoms in total. The van der Waals surface area contributed by atoms with Crippen LogP contribution in [0.4, 0.5) is 0 Å². The molecular formula is C20H21N3O5. The number of hydrazone groups is 1. The highest BCUT2D eigenvalue weighted by Gasteiger charge is 2.10. The molecular weight excluding hydrogens is 362 g/mol. The van der Waals surface area contributed by atoms with Crippen LogP contribution in [0.25, 0.3) is 0 Å². The van der Waals surface area contributed by atoms with Gasteiger partial charge in [0, 0.05) is 6.54 Å². The first-order valence-electron chi connectivity index (χ1n) is 8.66. The number of carbonyl (C=O) groups is 3. The molecule has 0 atom stereocenters. The van der Waals surface area contributed by atoms with Crippen molar-refractivity contribution in [2.75, 3.05) is 6.54 Å². The van der Waals surface area contributed by atoms with Crippen molar-refractivity contribution in [1.29, 1.82) is 0 Å². The van der Waals surface area contributed by atoms with E-state index in [0.717, 1.165) is 12.0 Å². The molecule has 0 radical (unpaired) electrons. The van der Waals surface area contributed by atoms with Crippen molar-refractivity contribution in [3.05, 3.63) is 65.2 Å². The monoisotopic (exact) mass is 383 g/mol. The number of carboxylic acids is 1. The Labute approximate surface area is 162 Å². The molecule has 0 aliphatic heterocycles. The maximum Gasteiger partial charge on any atom is 0.335 e. The number of carboxylic acid groups (broad SMARTS) is 1. The van der Waals surface area contributed by atoms with Crippen molar-refractivity contribution in [3.63, 3.8) is 0 Å². The third-order valence-electron chi connectivity index (χ3n) is 3.61. The molecule has 0 bridgehead atoms. The maximum absolute atomic E-state index is 11.5. The Balaban J connectivity index is 1.81. The molecule has 146 valence electrons. The average Bonchev–Trinajstić information content (AvgIpc) is 2.71. The molecule has 2 amide bonds. The maximum atomic E-state index is 11.5. The lowest BCUT2D eigenvalue weighted by atomic mass is 10.1. The number of nitrogens with zero attached hydrogens (tertiary/aromatic N) is 1. The van der Waals surface area contributed by atoms with Gasteiger partial charge < -0.3 is 15.2 Å². The lowest BCUT2D eigenvalue weighted by Gasteiger charge is -2.07. The number of ether oxygens (including phenoxy) is 1. The molecule has 3 N–H and O–H groups in total. The molecule has 0 saturated heterocycles. The molecule has 0 fully saturated rings. The highest BCUT2D eigenvalue weighted by atomic mass is 16.5. The Kier molecular flexibility index (Phi) is 7.71. The minimum absolute atomic E-state index is 0.224. The molecule has 2 rings (SSSR count). The summed E-state index contributed by atoms with van der Waals surface area (Å²) < 4.78 is 5.64. The van der Waals surface area contributed by atoms with Crippen LogP contribution in [-0.4, -0.2) is 35.6 Å². The van der Waals surface area contributed by atoms with E-state index in [4.69, 9.17) is 9.84 Å². The Hall–Kier alpha value is -3.68. The zero-order valence-electron chi connectivity index (χ0n) is 15.3. The summed E-state index contributed by atoms with van der Waals surface area (Å²) >= 11 is 0. The third kappa shape index (κ3) is 6.56. The number of amides is 2. The van der Waals surface area contributed by atoms with Crippen molar-refractivity contribution in [2.24, 2.45) is 5.10 Å². The van der Waals surface area contributed by atoms with Crippen molar-refractivity contribution in [2.45, 2.75) is 20.0 Å². The minimum atomic E-state index is -0.970. The Bertz CT molecular complexity index is 845. The first-order valence-corrected chi connectivity index (χ1v) is 8.66. The first-order chi connectivity index (χ1) is 13.5. The molecule has 28 heavy (non-hydrogen) atoms. The van der Waals surface area contributed by atoms with Crippen LogP contribution in [0.1, 0.15) is 34.8 Å². The fourth-order valence-corrected chi connectivity index (χ4v) is 2.10. The van der Waals surface area contributed by atoms with Crippen molar-refractivity contribution < 1.29 is 24.2 Å². The van der Waals surface area contributed by atoms with Crippen LogP contribution in [-0.2, 0) is 16.2 Å². The number of aromatic carboxylic acids is 1. The first kappa shape index (κ1) is 20.6. The number of nitrogens with one attached hydrogen (secondary N) is 2. The molecule has 0 unspecified atom stereocenters. The van der Waals surface area contributed by atoms with E-state index in [-0.39, 0.29) is 5.56 Å². The van der Waals surface area contributed by atoms with Gasteiger partial charge in [-0.3, -0.25) is 9.59 Å². The van der Waals surface area contributed by atoms with Crippen molar-refractivity contribution in [3.8, 4) is 5.75 Å². The summed E-state index contributed by atoms with van der Waals surface area (Å²) in [5, 5.41) is 15.1.